The molecular weight excluding hydrogens is 212 g/mol. The zero-order valence-corrected chi connectivity index (χ0v) is 10.6. The van der Waals surface area contributed by atoms with E-state index in [0.29, 0.717) is 12.8 Å². The summed E-state index contributed by atoms with van der Waals surface area (Å²) in [5, 5.41) is 9.91. The molecule has 0 bridgehead atoms. The molecule has 5 nitrogen and oxygen atoms in total. The number of aliphatic hydroxyl groups is 1. The van der Waals surface area contributed by atoms with Gasteiger partial charge in [-0.15, -0.1) is 0 Å². The molecule has 16 heavy (non-hydrogen) atoms. The van der Waals surface area contributed by atoms with Crippen LogP contribution >= 0.6 is 0 Å². The second-order valence-corrected chi connectivity index (χ2v) is 4.55. The number of methoxy groups -OCH3 is 3. The minimum Gasteiger partial charge on any atom is -0.390 e. The van der Waals surface area contributed by atoms with Gasteiger partial charge < -0.3 is 24.1 Å². The number of hydrogen-bond donors (Lipinski definition) is 1. The van der Waals surface area contributed by atoms with E-state index < -0.39 is 17.7 Å². The molecule has 0 aromatic rings. The highest BCUT2D eigenvalue weighted by Gasteiger charge is 2.47. The van der Waals surface area contributed by atoms with Crippen molar-refractivity contribution in [1.82, 2.24) is 0 Å². The van der Waals surface area contributed by atoms with E-state index in [1.165, 1.54) is 0 Å². The first kappa shape index (κ1) is 13.9. The molecule has 2 atom stereocenters. The Kier molecular flexibility index (Phi) is 4.31. The summed E-state index contributed by atoms with van der Waals surface area (Å²) in [5.74, 6) is -1.46. The lowest BCUT2D eigenvalue weighted by molar-refractivity contribution is -0.245. The maximum absolute atomic E-state index is 9.91. The average Bonchev–Trinajstić information content (AvgIpc) is 2.56. The lowest BCUT2D eigenvalue weighted by atomic mass is 10.2. The molecule has 96 valence electrons. The highest BCUT2D eigenvalue weighted by Crippen LogP contribution is 2.37. The van der Waals surface area contributed by atoms with Crippen LogP contribution in [-0.4, -0.2) is 50.2 Å². The lowest BCUT2D eigenvalue weighted by Crippen LogP contribution is -2.36. The molecule has 1 rings (SSSR count). The Labute approximate surface area is 96.6 Å². The van der Waals surface area contributed by atoms with Crippen molar-refractivity contribution in [2.24, 2.45) is 0 Å². The van der Waals surface area contributed by atoms with Crippen molar-refractivity contribution in [3.05, 3.63) is 0 Å². The van der Waals surface area contributed by atoms with Gasteiger partial charge in [0.05, 0.1) is 12.2 Å². The number of aliphatic hydroxyl groups excluding tert-OH is 1. The Balaban J connectivity index is 2.64. The van der Waals surface area contributed by atoms with Crippen LogP contribution in [0.3, 0.4) is 0 Å². The topological polar surface area (TPSA) is 57.2 Å². The van der Waals surface area contributed by atoms with Gasteiger partial charge in [0.25, 0.3) is 0 Å². The number of ether oxygens (including phenoxy) is 4. The molecule has 1 aliphatic rings. The zero-order valence-electron chi connectivity index (χ0n) is 10.6. The normalized spacial score (nSPS) is 29.6. The average molecular weight is 234 g/mol. The molecule has 0 aliphatic heterocycles. The fourth-order valence-electron chi connectivity index (χ4n) is 1.93. The third kappa shape index (κ3) is 2.93. The molecule has 0 radical (unpaired) electrons. The van der Waals surface area contributed by atoms with Gasteiger partial charge in [-0.05, 0) is 13.8 Å². The highest BCUT2D eigenvalue weighted by molar-refractivity contribution is 4.91. The molecule has 1 saturated carbocycles. The van der Waals surface area contributed by atoms with Gasteiger partial charge in [-0.1, -0.05) is 0 Å². The third-order valence-electron chi connectivity index (χ3n) is 3.13. The second kappa shape index (κ2) is 4.98. The minimum atomic E-state index is -0.742. The largest absolute Gasteiger partial charge is 0.390 e. The van der Waals surface area contributed by atoms with Crippen LogP contribution in [0, 0.1) is 0 Å². The summed E-state index contributed by atoms with van der Waals surface area (Å²) < 4.78 is 21.4. The summed E-state index contributed by atoms with van der Waals surface area (Å²) in [7, 11) is 4.71. The Bertz CT molecular complexity index is 224. The maximum atomic E-state index is 9.91. The van der Waals surface area contributed by atoms with Crippen molar-refractivity contribution < 1.29 is 24.1 Å². The quantitative estimate of drug-likeness (QED) is 0.716. The first-order chi connectivity index (χ1) is 7.38. The smallest absolute Gasteiger partial charge is 0.172 e. The molecule has 1 aliphatic carbocycles. The molecular formula is C11H22O5. The van der Waals surface area contributed by atoms with E-state index in [1.807, 2.05) is 0 Å². The Morgan fingerprint density at radius 3 is 2.06 bits per heavy atom. The molecule has 1 fully saturated rings. The van der Waals surface area contributed by atoms with Crippen molar-refractivity contribution in [2.75, 3.05) is 21.3 Å². The minimum absolute atomic E-state index is 0.338. The van der Waals surface area contributed by atoms with Gasteiger partial charge in [-0.2, -0.15) is 0 Å². The van der Waals surface area contributed by atoms with Crippen LogP contribution < -0.4 is 0 Å². The van der Waals surface area contributed by atoms with E-state index in [4.69, 9.17) is 18.9 Å². The van der Waals surface area contributed by atoms with Crippen LogP contribution in [0.1, 0.15) is 26.7 Å². The van der Waals surface area contributed by atoms with E-state index in [1.54, 1.807) is 35.2 Å². The summed E-state index contributed by atoms with van der Waals surface area (Å²) in [6.07, 6.45) is -0.0394. The maximum Gasteiger partial charge on any atom is 0.172 e. The summed E-state index contributed by atoms with van der Waals surface area (Å²) in [4.78, 5) is 0. The van der Waals surface area contributed by atoms with E-state index in [9.17, 15) is 5.11 Å². The van der Waals surface area contributed by atoms with Crippen molar-refractivity contribution >= 4 is 0 Å². The second-order valence-electron chi connectivity index (χ2n) is 4.55. The SMILES string of the molecule is COC(C)(C)O[C@H]1CC(OC)(OC)C[C@@H]1O. The molecule has 0 amide bonds. The van der Waals surface area contributed by atoms with Crippen molar-refractivity contribution in [3.63, 3.8) is 0 Å². The predicted octanol–water partition coefficient (Wildman–Crippen LogP) is 0.898. The van der Waals surface area contributed by atoms with Gasteiger partial charge >= 0.3 is 0 Å². The van der Waals surface area contributed by atoms with E-state index in [-0.39, 0.29) is 6.10 Å². The van der Waals surface area contributed by atoms with Crippen LogP contribution in [0.5, 0.6) is 0 Å². The van der Waals surface area contributed by atoms with Crippen LogP contribution in [0.4, 0.5) is 0 Å². The Hall–Kier alpha value is -0.200. The van der Waals surface area contributed by atoms with E-state index in [2.05, 4.69) is 0 Å². The third-order valence-corrected chi connectivity index (χ3v) is 3.13. The first-order valence-corrected chi connectivity index (χ1v) is 5.39. The highest BCUT2D eigenvalue weighted by atomic mass is 16.7. The van der Waals surface area contributed by atoms with Gasteiger partial charge in [0.2, 0.25) is 0 Å². The fraction of sp³-hybridized carbons (Fsp3) is 1.00. The molecule has 1 N–H and O–H groups in total. The molecule has 5 heteroatoms. The van der Waals surface area contributed by atoms with Crippen molar-refractivity contribution in [2.45, 2.75) is 50.5 Å². The standard InChI is InChI=1S/C11H22O5/c1-10(2,13-3)16-9-7-11(14-4,15-5)6-8(9)12/h8-9,12H,6-7H2,1-5H3/t8-,9-/m0/s1. The number of hydrogen-bond acceptors (Lipinski definition) is 5. The summed E-state index contributed by atoms with van der Waals surface area (Å²) >= 11 is 0. The Morgan fingerprint density at radius 2 is 1.69 bits per heavy atom. The Morgan fingerprint density at radius 1 is 1.12 bits per heavy atom. The van der Waals surface area contributed by atoms with Crippen LogP contribution in [-0.2, 0) is 18.9 Å². The summed E-state index contributed by atoms with van der Waals surface area (Å²) in [6.45, 7) is 3.61. The van der Waals surface area contributed by atoms with Gasteiger partial charge in [-0.25, -0.2) is 0 Å². The first-order valence-electron chi connectivity index (χ1n) is 5.39. The van der Waals surface area contributed by atoms with E-state index >= 15 is 0 Å². The molecule has 0 aromatic carbocycles. The number of rotatable bonds is 5. The van der Waals surface area contributed by atoms with Gasteiger partial charge in [-0.3, -0.25) is 0 Å². The molecule has 0 aromatic heterocycles. The summed E-state index contributed by atoms with van der Waals surface area (Å²) in [5.41, 5.74) is 0. The van der Waals surface area contributed by atoms with E-state index in [0.717, 1.165) is 0 Å². The molecule has 0 saturated heterocycles. The van der Waals surface area contributed by atoms with Crippen LogP contribution in [0.25, 0.3) is 0 Å². The van der Waals surface area contributed by atoms with Crippen molar-refractivity contribution in [1.29, 1.82) is 0 Å². The van der Waals surface area contributed by atoms with Crippen LogP contribution in [0.15, 0.2) is 0 Å². The predicted molar refractivity (Wildman–Crippen MR) is 58.0 cm³/mol. The molecule has 0 spiro atoms. The summed E-state index contributed by atoms with van der Waals surface area (Å²) in [6, 6.07) is 0. The fourth-order valence-corrected chi connectivity index (χ4v) is 1.93. The van der Waals surface area contributed by atoms with Gasteiger partial charge in [0.1, 0.15) is 0 Å². The van der Waals surface area contributed by atoms with Gasteiger partial charge in [0.15, 0.2) is 11.6 Å². The van der Waals surface area contributed by atoms with Gasteiger partial charge in [0, 0.05) is 34.2 Å². The zero-order chi connectivity index (χ0) is 12.4. The van der Waals surface area contributed by atoms with Crippen LogP contribution in [0.2, 0.25) is 0 Å². The molecule has 0 unspecified atom stereocenters. The lowest BCUT2D eigenvalue weighted by Gasteiger charge is -2.29. The van der Waals surface area contributed by atoms with Crippen molar-refractivity contribution in [3.8, 4) is 0 Å². The monoisotopic (exact) mass is 234 g/mol. The molecule has 0 heterocycles.